The Morgan fingerprint density at radius 1 is 1.20 bits per heavy atom. The molecule has 0 saturated carbocycles. The van der Waals surface area contributed by atoms with E-state index in [1.165, 1.54) is 0 Å². The minimum atomic E-state index is 0.286. The summed E-state index contributed by atoms with van der Waals surface area (Å²) in [5.74, 6) is 2.54. The second-order valence-electron chi connectivity index (χ2n) is 5.67. The number of ether oxygens (including phenoxy) is 2. The van der Waals surface area contributed by atoms with Gasteiger partial charge in [0.25, 0.3) is 0 Å². The fraction of sp³-hybridized carbons (Fsp3) is 0.111. The molecule has 0 spiro atoms. The predicted molar refractivity (Wildman–Crippen MR) is 96.2 cm³/mol. The number of hydrogen-bond acceptors (Lipinski definition) is 6. The third kappa shape index (κ3) is 2.49. The van der Waals surface area contributed by atoms with Crippen LogP contribution in [0.15, 0.2) is 53.6 Å². The maximum atomic E-state index is 5.45. The molecule has 0 fully saturated rings. The molecule has 1 aromatic carbocycles. The van der Waals surface area contributed by atoms with Gasteiger partial charge in [0.05, 0.1) is 6.20 Å². The lowest BCUT2D eigenvalue weighted by Gasteiger charge is -2.09. The molecule has 0 saturated heterocycles. The molecule has 5 rings (SSSR count). The first-order valence-corrected chi connectivity index (χ1v) is 8.80. The Morgan fingerprint density at radius 2 is 2.16 bits per heavy atom. The van der Waals surface area contributed by atoms with Crippen molar-refractivity contribution in [2.24, 2.45) is 0 Å². The van der Waals surface area contributed by atoms with E-state index in [4.69, 9.17) is 14.5 Å². The van der Waals surface area contributed by atoms with Crippen LogP contribution in [0.4, 0.5) is 5.82 Å². The molecular weight excluding hydrogens is 336 g/mol. The summed E-state index contributed by atoms with van der Waals surface area (Å²) in [4.78, 5) is 8.89. The lowest BCUT2D eigenvalue weighted by Crippen LogP contribution is -2.03. The molecule has 1 aliphatic rings. The fourth-order valence-corrected chi connectivity index (χ4v) is 3.55. The number of nitrogens with one attached hydrogen (secondary N) is 1. The number of hydrogen-bond donors (Lipinski definition) is 1. The number of nitrogens with zero attached hydrogens (tertiary/aromatic N) is 3. The summed E-state index contributed by atoms with van der Waals surface area (Å²) in [5.41, 5.74) is 3.96. The van der Waals surface area contributed by atoms with E-state index < -0.39 is 0 Å². The Hall–Kier alpha value is -3.06. The standard InChI is InChI=1S/C18H14N4O2S/c1-2-14-15(24-11-23-14)7-12(1)8-20-18-17(13-3-6-25-10-13)21-16-9-19-4-5-22(16)18/h1-7,9-10,20H,8,11H2. The Balaban J connectivity index is 1.50. The Kier molecular flexibility index (Phi) is 3.31. The van der Waals surface area contributed by atoms with Crippen LogP contribution in [0.25, 0.3) is 16.9 Å². The van der Waals surface area contributed by atoms with Gasteiger partial charge in [-0.3, -0.25) is 9.38 Å². The molecule has 7 heteroatoms. The van der Waals surface area contributed by atoms with Crippen molar-refractivity contribution in [1.29, 1.82) is 0 Å². The van der Waals surface area contributed by atoms with E-state index in [0.717, 1.165) is 39.8 Å². The maximum Gasteiger partial charge on any atom is 0.231 e. The van der Waals surface area contributed by atoms with Crippen molar-refractivity contribution in [1.82, 2.24) is 14.4 Å². The molecule has 0 bridgehead atoms. The zero-order valence-electron chi connectivity index (χ0n) is 13.2. The first kappa shape index (κ1) is 14.3. The molecule has 0 unspecified atom stereocenters. The van der Waals surface area contributed by atoms with Gasteiger partial charge in [-0.15, -0.1) is 0 Å². The molecule has 1 N–H and O–H groups in total. The van der Waals surface area contributed by atoms with Gasteiger partial charge in [-0.1, -0.05) is 6.07 Å². The van der Waals surface area contributed by atoms with Crippen molar-refractivity contribution < 1.29 is 9.47 Å². The van der Waals surface area contributed by atoms with Crippen molar-refractivity contribution >= 4 is 22.8 Å². The molecule has 1 aliphatic heterocycles. The Bertz CT molecular complexity index is 1040. The highest BCUT2D eigenvalue weighted by molar-refractivity contribution is 7.08. The zero-order valence-corrected chi connectivity index (χ0v) is 14.0. The first-order chi connectivity index (χ1) is 12.4. The van der Waals surface area contributed by atoms with Crippen molar-refractivity contribution in [3.8, 4) is 22.8 Å². The van der Waals surface area contributed by atoms with Gasteiger partial charge in [0, 0.05) is 29.9 Å². The second kappa shape index (κ2) is 5.78. The lowest BCUT2D eigenvalue weighted by atomic mass is 10.2. The second-order valence-corrected chi connectivity index (χ2v) is 6.45. The number of thiophene rings is 1. The SMILES string of the molecule is c1cn2c(NCc3ccc4c(c3)OCO4)c(-c3ccsc3)nc2cn1. The van der Waals surface area contributed by atoms with Gasteiger partial charge >= 0.3 is 0 Å². The van der Waals surface area contributed by atoms with Crippen LogP contribution in [0.5, 0.6) is 11.5 Å². The highest BCUT2D eigenvalue weighted by atomic mass is 32.1. The number of anilines is 1. The number of benzene rings is 1. The largest absolute Gasteiger partial charge is 0.454 e. The van der Waals surface area contributed by atoms with Crippen molar-refractivity contribution in [3.63, 3.8) is 0 Å². The van der Waals surface area contributed by atoms with Crippen LogP contribution in [-0.2, 0) is 6.54 Å². The van der Waals surface area contributed by atoms with Gasteiger partial charge in [-0.25, -0.2) is 4.98 Å². The lowest BCUT2D eigenvalue weighted by molar-refractivity contribution is 0.174. The van der Waals surface area contributed by atoms with E-state index in [1.807, 2.05) is 28.8 Å². The van der Waals surface area contributed by atoms with Crippen molar-refractivity contribution in [2.45, 2.75) is 6.54 Å². The molecule has 4 heterocycles. The average Bonchev–Trinajstić information content (AvgIpc) is 3.38. The van der Waals surface area contributed by atoms with Gasteiger partial charge in [-0.05, 0) is 29.1 Å². The van der Waals surface area contributed by atoms with E-state index >= 15 is 0 Å². The zero-order chi connectivity index (χ0) is 16.6. The number of rotatable bonds is 4. The maximum absolute atomic E-state index is 5.45. The number of aromatic nitrogens is 3. The van der Waals surface area contributed by atoms with Crippen LogP contribution >= 0.6 is 11.3 Å². The number of imidazole rings is 1. The summed E-state index contributed by atoms with van der Waals surface area (Å²) in [6, 6.07) is 8.06. The molecule has 124 valence electrons. The molecular formula is C18H14N4O2S. The topological polar surface area (TPSA) is 60.7 Å². The van der Waals surface area contributed by atoms with Crippen LogP contribution < -0.4 is 14.8 Å². The van der Waals surface area contributed by atoms with Crippen molar-refractivity contribution in [3.05, 3.63) is 59.2 Å². The van der Waals surface area contributed by atoms with Crippen LogP contribution in [0.1, 0.15) is 5.56 Å². The summed E-state index contributed by atoms with van der Waals surface area (Å²) >= 11 is 1.66. The smallest absolute Gasteiger partial charge is 0.231 e. The molecule has 4 aromatic rings. The van der Waals surface area contributed by atoms with Gasteiger partial charge in [0.1, 0.15) is 11.5 Å². The van der Waals surface area contributed by atoms with Gasteiger partial charge in [0.15, 0.2) is 17.1 Å². The summed E-state index contributed by atoms with van der Waals surface area (Å²) < 4.78 is 12.8. The minimum absolute atomic E-state index is 0.286. The Labute approximate surface area is 147 Å². The highest BCUT2D eigenvalue weighted by Crippen LogP contribution is 2.34. The van der Waals surface area contributed by atoms with E-state index in [1.54, 1.807) is 23.7 Å². The molecule has 6 nitrogen and oxygen atoms in total. The van der Waals surface area contributed by atoms with Crippen LogP contribution in [0.2, 0.25) is 0 Å². The predicted octanol–water partition coefficient (Wildman–Crippen LogP) is 3.80. The summed E-state index contributed by atoms with van der Waals surface area (Å²) in [6.07, 6.45) is 5.44. The van der Waals surface area contributed by atoms with E-state index in [2.05, 4.69) is 27.1 Å². The molecule has 25 heavy (non-hydrogen) atoms. The van der Waals surface area contributed by atoms with E-state index in [0.29, 0.717) is 6.54 Å². The monoisotopic (exact) mass is 350 g/mol. The van der Waals surface area contributed by atoms with Gasteiger partial charge < -0.3 is 14.8 Å². The highest BCUT2D eigenvalue weighted by Gasteiger charge is 2.16. The summed E-state index contributed by atoms with van der Waals surface area (Å²) in [6.45, 7) is 0.943. The minimum Gasteiger partial charge on any atom is -0.454 e. The Morgan fingerprint density at radius 3 is 3.08 bits per heavy atom. The molecule has 0 radical (unpaired) electrons. The van der Waals surface area contributed by atoms with Crippen LogP contribution in [0, 0.1) is 0 Å². The molecule has 0 atom stereocenters. The van der Waals surface area contributed by atoms with Gasteiger partial charge in [-0.2, -0.15) is 11.3 Å². The third-order valence-electron chi connectivity index (χ3n) is 4.12. The molecule has 0 amide bonds. The molecule has 3 aromatic heterocycles. The van der Waals surface area contributed by atoms with E-state index in [9.17, 15) is 0 Å². The van der Waals surface area contributed by atoms with E-state index in [-0.39, 0.29) is 6.79 Å². The van der Waals surface area contributed by atoms with Crippen LogP contribution in [0.3, 0.4) is 0 Å². The van der Waals surface area contributed by atoms with Gasteiger partial charge in [0.2, 0.25) is 6.79 Å². The van der Waals surface area contributed by atoms with Crippen LogP contribution in [-0.4, -0.2) is 21.2 Å². The first-order valence-electron chi connectivity index (χ1n) is 7.85. The summed E-state index contributed by atoms with van der Waals surface area (Å²) in [7, 11) is 0. The van der Waals surface area contributed by atoms with Crippen molar-refractivity contribution in [2.75, 3.05) is 12.1 Å². The summed E-state index contributed by atoms with van der Waals surface area (Å²) in [5, 5.41) is 7.67. The quantitative estimate of drug-likeness (QED) is 0.607. The number of fused-ring (bicyclic) bond motifs is 2. The molecule has 0 aliphatic carbocycles. The average molecular weight is 350 g/mol. The fourth-order valence-electron chi connectivity index (χ4n) is 2.91. The third-order valence-corrected chi connectivity index (χ3v) is 4.80. The normalized spacial score (nSPS) is 12.6.